The highest BCUT2D eigenvalue weighted by molar-refractivity contribution is 9.10. The van der Waals surface area contributed by atoms with Crippen LogP contribution >= 0.6 is 15.9 Å². The van der Waals surface area contributed by atoms with E-state index >= 15 is 0 Å². The topological polar surface area (TPSA) is 35.2 Å². The summed E-state index contributed by atoms with van der Waals surface area (Å²) >= 11 is 3.52. The highest BCUT2D eigenvalue weighted by Crippen LogP contribution is 2.28. The van der Waals surface area contributed by atoms with Crippen LogP contribution in [-0.2, 0) is 0 Å². The maximum absolute atomic E-state index is 5.83. The number of ether oxygens (including phenoxy) is 1. The molecule has 1 aromatic carbocycles. The molecule has 0 aliphatic rings. The van der Waals surface area contributed by atoms with Gasteiger partial charge in [0.15, 0.2) is 0 Å². The molecule has 0 aromatic heterocycles. The maximum Gasteiger partial charge on any atom is 0.133 e. The Morgan fingerprint density at radius 1 is 1.35 bits per heavy atom. The molecule has 0 fully saturated rings. The lowest BCUT2D eigenvalue weighted by Crippen LogP contribution is -2.11. The van der Waals surface area contributed by atoms with E-state index in [0.717, 1.165) is 28.8 Å². The SMILES string of the molecule is C[C@@H](N)c1ccc(OCCC(C)(C)C)c(Br)c1. The fourth-order valence-corrected chi connectivity index (χ4v) is 1.90. The molecule has 2 N–H and O–H groups in total. The van der Waals surface area contributed by atoms with E-state index in [1.54, 1.807) is 0 Å². The second-order valence-corrected chi connectivity index (χ2v) is 6.49. The number of hydrogen-bond donors (Lipinski definition) is 1. The molecule has 1 rings (SSSR count). The molecule has 0 amide bonds. The van der Waals surface area contributed by atoms with Crippen molar-refractivity contribution in [3.8, 4) is 5.75 Å². The van der Waals surface area contributed by atoms with Gasteiger partial charge in [-0.05, 0) is 52.4 Å². The van der Waals surface area contributed by atoms with Crippen LogP contribution in [0.2, 0.25) is 0 Å². The van der Waals surface area contributed by atoms with Gasteiger partial charge in [0.05, 0.1) is 11.1 Å². The maximum atomic E-state index is 5.83. The lowest BCUT2D eigenvalue weighted by molar-refractivity contribution is 0.242. The van der Waals surface area contributed by atoms with Gasteiger partial charge < -0.3 is 10.5 Å². The van der Waals surface area contributed by atoms with Crippen molar-refractivity contribution < 1.29 is 4.74 Å². The van der Waals surface area contributed by atoms with Crippen molar-refractivity contribution in [3.05, 3.63) is 28.2 Å². The van der Waals surface area contributed by atoms with Crippen LogP contribution in [0.5, 0.6) is 5.75 Å². The van der Waals surface area contributed by atoms with Crippen LogP contribution < -0.4 is 10.5 Å². The Morgan fingerprint density at radius 3 is 2.47 bits per heavy atom. The molecule has 0 aliphatic carbocycles. The number of halogens is 1. The van der Waals surface area contributed by atoms with Crippen LogP contribution in [0.25, 0.3) is 0 Å². The summed E-state index contributed by atoms with van der Waals surface area (Å²) in [5.41, 5.74) is 7.24. The van der Waals surface area contributed by atoms with Crippen molar-refractivity contribution in [1.82, 2.24) is 0 Å². The Labute approximate surface area is 113 Å². The van der Waals surface area contributed by atoms with E-state index in [0.29, 0.717) is 5.41 Å². The van der Waals surface area contributed by atoms with Gasteiger partial charge >= 0.3 is 0 Å². The number of rotatable bonds is 4. The lowest BCUT2D eigenvalue weighted by Gasteiger charge is -2.18. The first-order valence-corrected chi connectivity index (χ1v) is 6.77. The molecule has 0 unspecified atom stereocenters. The van der Waals surface area contributed by atoms with Crippen molar-refractivity contribution in [2.75, 3.05) is 6.61 Å². The predicted octanol–water partition coefficient (Wildman–Crippen LogP) is 4.28. The quantitative estimate of drug-likeness (QED) is 0.900. The number of benzene rings is 1. The second kappa shape index (κ2) is 5.87. The molecular formula is C14H22BrNO. The van der Waals surface area contributed by atoms with E-state index in [9.17, 15) is 0 Å². The highest BCUT2D eigenvalue weighted by Gasteiger charge is 2.11. The zero-order chi connectivity index (χ0) is 13.1. The summed E-state index contributed by atoms with van der Waals surface area (Å²) in [5.74, 6) is 0.888. The first kappa shape index (κ1) is 14.5. The molecule has 0 spiro atoms. The van der Waals surface area contributed by atoms with Crippen LogP contribution in [0.1, 0.15) is 45.7 Å². The molecular weight excluding hydrogens is 278 g/mol. The summed E-state index contributed by atoms with van der Waals surface area (Å²) in [5, 5.41) is 0. The fourth-order valence-electron chi connectivity index (χ4n) is 1.38. The molecule has 0 saturated carbocycles. The Bertz CT molecular complexity index is 369. The van der Waals surface area contributed by atoms with E-state index in [4.69, 9.17) is 10.5 Å². The van der Waals surface area contributed by atoms with Gasteiger partial charge in [-0.2, -0.15) is 0 Å². The standard InChI is InChI=1S/C14H22BrNO/c1-10(16)11-5-6-13(12(15)9-11)17-8-7-14(2,3)4/h5-6,9-10H,7-8,16H2,1-4H3/t10-/m1/s1. The van der Waals surface area contributed by atoms with Crippen LogP contribution in [-0.4, -0.2) is 6.61 Å². The van der Waals surface area contributed by atoms with Gasteiger partial charge in [-0.25, -0.2) is 0 Å². The van der Waals surface area contributed by atoms with Gasteiger partial charge in [0.25, 0.3) is 0 Å². The van der Waals surface area contributed by atoms with Crippen molar-refractivity contribution in [2.24, 2.45) is 11.1 Å². The van der Waals surface area contributed by atoms with Gasteiger partial charge in [0, 0.05) is 6.04 Å². The summed E-state index contributed by atoms with van der Waals surface area (Å²) < 4.78 is 6.73. The molecule has 96 valence electrons. The van der Waals surface area contributed by atoms with Crippen molar-refractivity contribution in [1.29, 1.82) is 0 Å². The van der Waals surface area contributed by atoms with Crippen LogP contribution in [0.4, 0.5) is 0 Å². The number of nitrogens with two attached hydrogens (primary N) is 1. The summed E-state index contributed by atoms with van der Waals surface area (Å²) in [7, 11) is 0. The molecule has 2 nitrogen and oxygen atoms in total. The third kappa shape index (κ3) is 5.09. The Kier molecular flexibility index (Phi) is 5.02. The summed E-state index contributed by atoms with van der Waals surface area (Å²) in [6.45, 7) is 9.35. The van der Waals surface area contributed by atoms with Gasteiger partial charge in [0.2, 0.25) is 0 Å². The highest BCUT2D eigenvalue weighted by atomic mass is 79.9. The minimum atomic E-state index is 0.0509. The molecule has 3 heteroatoms. The second-order valence-electron chi connectivity index (χ2n) is 5.64. The molecule has 1 atom stereocenters. The van der Waals surface area contributed by atoms with Gasteiger partial charge in [-0.15, -0.1) is 0 Å². The zero-order valence-corrected chi connectivity index (χ0v) is 12.7. The molecule has 0 aliphatic heterocycles. The Hall–Kier alpha value is -0.540. The van der Waals surface area contributed by atoms with Crippen molar-refractivity contribution >= 4 is 15.9 Å². The molecule has 0 bridgehead atoms. The van der Waals surface area contributed by atoms with E-state index in [1.807, 2.05) is 25.1 Å². The lowest BCUT2D eigenvalue weighted by atomic mass is 9.93. The van der Waals surface area contributed by atoms with Crippen LogP contribution in [0.3, 0.4) is 0 Å². The zero-order valence-electron chi connectivity index (χ0n) is 11.1. The van der Waals surface area contributed by atoms with Crippen LogP contribution in [0, 0.1) is 5.41 Å². The monoisotopic (exact) mass is 299 g/mol. The fraction of sp³-hybridized carbons (Fsp3) is 0.571. The van der Waals surface area contributed by atoms with E-state index in [-0.39, 0.29) is 6.04 Å². The van der Waals surface area contributed by atoms with Gasteiger partial charge in [-0.3, -0.25) is 0 Å². The van der Waals surface area contributed by atoms with Gasteiger partial charge in [-0.1, -0.05) is 26.8 Å². The Balaban J connectivity index is 2.61. The molecule has 0 saturated heterocycles. The summed E-state index contributed by atoms with van der Waals surface area (Å²) in [6, 6.07) is 6.07. The average molecular weight is 300 g/mol. The van der Waals surface area contributed by atoms with Crippen molar-refractivity contribution in [2.45, 2.75) is 40.2 Å². The summed E-state index contributed by atoms with van der Waals surface area (Å²) in [4.78, 5) is 0. The van der Waals surface area contributed by atoms with E-state index < -0.39 is 0 Å². The molecule has 17 heavy (non-hydrogen) atoms. The number of hydrogen-bond acceptors (Lipinski definition) is 2. The van der Waals surface area contributed by atoms with Crippen LogP contribution in [0.15, 0.2) is 22.7 Å². The molecule has 0 radical (unpaired) electrons. The Morgan fingerprint density at radius 2 is 2.00 bits per heavy atom. The minimum absolute atomic E-state index is 0.0509. The average Bonchev–Trinajstić information content (AvgIpc) is 2.18. The smallest absolute Gasteiger partial charge is 0.133 e. The normalized spacial score (nSPS) is 13.5. The van der Waals surface area contributed by atoms with E-state index in [1.165, 1.54) is 0 Å². The molecule has 1 aromatic rings. The first-order chi connectivity index (χ1) is 7.79. The molecule has 0 heterocycles. The minimum Gasteiger partial charge on any atom is -0.492 e. The van der Waals surface area contributed by atoms with Crippen molar-refractivity contribution in [3.63, 3.8) is 0 Å². The van der Waals surface area contributed by atoms with E-state index in [2.05, 4.69) is 36.7 Å². The largest absolute Gasteiger partial charge is 0.492 e. The third-order valence-corrected chi connectivity index (χ3v) is 3.21. The first-order valence-electron chi connectivity index (χ1n) is 5.97. The third-order valence-electron chi connectivity index (χ3n) is 2.59. The van der Waals surface area contributed by atoms with Gasteiger partial charge in [0.1, 0.15) is 5.75 Å². The summed E-state index contributed by atoms with van der Waals surface area (Å²) in [6.07, 6.45) is 1.04. The predicted molar refractivity (Wildman–Crippen MR) is 76.3 cm³/mol.